The number of hydrogen-bond donors (Lipinski definition) is 2. The van der Waals surface area contributed by atoms with Crippen molar-refractivity contribution in [3.63, 3.8) is 0 Å². The second-order valence-corrected chi connectivity index (χ2v) is 8.11. The first-order chi connectivity index (χ1) is 15.2. The molecule has 2 aromatic carbocycles. The van der Waals surface area contributed by atoms with Crippen LogP contribution in [0.1, 0.15) is 17.5 Å². The summed E-state index contributed by atoms with van der Waals surface area (Å²) in [5.74, 6) is 1.73. The summed E-state index contributed by atoms with van der Waals surface area (Å²) >= 11 is 0. The Labute approximate surface area is 180 Å². The van der Waals surface area contributed by atoms with Gasteiger partial charge in [-0.15, -0.1) is 0 Å². The lowest BCUT2D eigenvalue weighted by Crippen LogP contribution is -2.16. The molecule has 0 radical (unpaired) electrons. The van der Waals surface area contributed by atoms with Crippen LogP contribution in [0.5, 0.6) is 0 Å². The standard InChI is InChI=1S/C24H25FN6/c1-16-5-2-3-8-20(16)22-29-21-14-28-24(27-13-17-6-4-7-19(25)11-17)30-23(21)31(22)15-18-9-10-26-12-18/h2-8,11,14,18,26H,9-10,12-13,15H2,1H3,(H,27,28,30). The summed E-state index contributed by atoms with van der Waals surface area (Å²) in [6, 6.07) is 14.8. The molecular formula is C24H25FN6. The SMILES string of the molecule is Cc1ccccc1-c1nc2cnc(NCc3cccc(F)c3)nc2n1CC1CCNC1. The lowest BCUT2D eigenvalue weighted by Gasteiger charge is -2.14. The van der Waals surface area contributed by atoms with E-state index in [0.717, 1.165) is 54.2 Å². The molecule has 1 aliphatic heterocycles. The molecule has 1 atom stereocenters. The van der Waals surface area contributed by atoms with E-state index in [2.05, 4.69) is 39.2 Å². The Morgan fingerprint density at radius 2 is 2.06 bits per heavy atom. The number of nitrogens with one attached hydrogen (secondary N) is 2. The molecule has 0 spiro atoms. The van der Waals surface area contributed by atoms with Gasteiger partial charge in [0.15, 0.2) is 5.65 Å². The average molecular weight is 417 g/mol. The Morgan fingerprint density at radius 1 is 1.16 bits per heavy atom. The van der Waals surface area contributed by atoms with E-state index in [4.69, 9.17) is 9.97 Å². The number of aromatic nitrogens is 4. The van der Waals surface area contributed by atoms with E-state index >= 15 is 0 Å². The molecule has 2 N–H and O–H groups in total. The highest BCUT2D eigenvalue weighted by molar-refractivity contribution is 5.78. The molecule has 158 valence electrons. The van der Waals surface area contributed by atoms with Gasteiger partial charge in [-0.1, -0.05) is 36.4 Å². The lowest BCUT2D eigenvalue weighted by atomic mass is 10.1. The monoisotopic (exact) mass is 416 g/mol. The van der Waals surface area contributed by atoms with Crippen molar-refractivity contribution in [2.24, 2.45) is 5.92 Å². The molecule has 1 unspecified atom stereocenters. The number of rotatable bonds is 6. The normalized spacial score (nSPS) is 16.1. The first kappa shape index (κ1) is 19.6. The molecule has 31 heavy (non-hydrogen) atoms. The maximum Gasteiger partial charge on any atom is 0.225 e. The van der Waals surface area contributed by atoms with E-state index in [1.807, 2.05) is 18.2 Å². The smallest absolute Gasteiger partial charge is 0.225 e. The van der Waals surface area contributed by atoms with E-state index in [0.29, 0.717) is 18.4 Å². The molecule has 5 rings (SSSR count). The van der Waals surface area contributed by atoms with Crippen molar-refractivity contribution in [2.45, 2.75) is 26.4 Å². The zero-order chi connectivity index (χ0) is 21.2. The number of nitrogens with zero attached hydrogens (tertiary/aromatic N) is 4. The van der Waals surface area contributed by atoms with E-state index < -0.39 is 0 Å². The van der Waals surface area contributed by atoms with Gasteiger partial charge in [-0.05, 0) is 55.6 Å². The number of anilines is 1. The van der Waals surface area contributed by atoms with Crippen molar-refractivity contribution in [1.29, 1.82) is 0 Å². The third kappa shape index (κ3) is 4.14. The zero-order valence-corrected chi connectivity index (χ0v) is 17.5. The van der Waals surface area contributed by atoms with E-state index in [1.165, 1.54) is 17.7 Å². The van der Waals surface area contributed by atoms with Crippen molar-refractivity contribution in [3.05, 3.63) is 71.7 Å². The van der Waals surface area contributed by atoms with Gasteiger partial charge >= 0.3 is 0 Å². The fourth-order valence-corrected chi connectivity index (χ4v) is 4.16. The van der Waals surface area contributed by atoms with Gasteiger partial charge in [0.1, 0.15) is 17.2 Å². The molecule has 1 saturated heterocycles. The van der Waals surface area contributed by atoms with Gasteiger partial charge in [-0.3, -0.25) is 0 Å². The van der Waals surface area contributed by atoms with Gasteiger partial charge in [0.2, 0.25) is 5.95 Å². The third-order valence-electron chi connectivity index (χ3n) is 5.82. The number of benzene rings is 2. The van der Waals surface area contributed by atoms with Crippen molar-refractivity contribution < 1.29 is 4.39 Å². The molecule has 6 nitrogen and oxygen atoms in total. The van der Waals surface area contributed by atoms with Crippen LogP contribution in [-0.2, 0) is 13.1 Å². The van der Waals surface area contributed by atoms with Gasteiger partial charge in [0.05, 0.1) is 6.20 Å². The predicted octanol–water partition coefficient (Wildman–Crippen LogP) is 4.16. The van der Waals surface area contributed by atoms with E-state index in [-0.39, 0.29) is 5.82 Å². The largest absolute Gasteiger partial charge is 0.350 e. The second kappa shape index (κ2) is 8.43. The minimum absolute atomic E-state index is 0.248. The van der Waals surface area contributed by atoms with Crippen LogP contribution in [0.2, 0.25) is 0 Å². The molecule has 0 amide bonds. The summed E-state index contributed by atoms with van der Waals surface area (Å²) in [6.45, 7) is 5.46. The van der Waals surface area contributed by atoms with Gasteiger partial charge in [0.25, 0.3) is 0 Å². The number of fused-ring (bicyclic) bond motifs is 1. The quantitative estimate of drug-likeness (QED) is 0.494. The maximum atomic E-state index is 13.5. The molecule has 7 heteroatoms. The molecule has 0 bridgehead atoms. The highest BCUT2D eigenvalue weighted by atomic mass is 19.1. The summed E-state index contributed by atoms with van der Waals surface area (Å²) in [5.41, 5.74) is 4.74. The van der Waals surface area contributed by atoms with Crippen molar-refractivity contribution in [3.8, 4) is 11.4 Å². The molecule has 1 fully saturated rings. The van der Waals surface area contributed by atoms with Crippen LogP contribution in [0.4, 0.5) is 10.3 Å². The maximum absolute atomic E-state index is 13.5. The fourth-order valence-electron chi connectivity index (χ4n) is 4.16. The Balaban J connectivity index is 1.52. The highest BCUT2D eigenvalue weighted by Crippen LogP contribution is 2.28. The molecular weight excluding hydrogens is 391 g/mol. The van der Waals surface area contributed by atoms with Crippen molar-refractivity contribution >= 4 is 17.1 Å². The number of aryl methyl sites for hydroxylation is 1. The number of halogens is 1. The van der Waals surface area contributed by atoms with Crippen molar-refractivity contribution in [2.75, 3.05) is 18.4 Å². The molecule has 2 aromatic heterocycles. The summed E-state index contributed by atoms with van der Waals surface area (Å²) in [6.07, 6.45) is 2.91. The van der Waals surface area contributed by atoms with Crippen LogP contribution in [-0.4, -0.2) is 32.6 Å². The summed E-state index contributed by atoms with van der Waals surface area (Å²) in [4.78, 5) is 14.1. The van der Waals surface area contributed by atoms with E-state index in [1.54, 1.807) is 12.3 Å². The highest BCUT2D eigenvalue weighted by Gasteiger charge is 2.21. The molecule has 1 aliphatic rings. The minimum atomic E-state index is -0.248. The summed E-state index contributed by atoms with van der Waals surface area (Å²) in [7, 11) is 0. The Hall–Kier alpha value is -3.32. The van der Waals surface area contributed by atoms with Gasteiger partial charge in [0, 0.05) is 18.7 Å². The summed E-state index contributed by atoms with van der Waals surface area (Å²) < 4.78 is 15.7. The molecule has 4 aromatic rings. The topological polar surface area (TPSA) is 67.7 Å². The van der Waals surface area contributed by atoms with Gasteiger partial charge < -0.3 is 15.2 Å². The molecule has 3 heterocycles. The first-order valence-electron chi connectivity index (χ1n) is 10.7. The van der Waals surface area contributed by atoms with Crippen LogP contribution in [0.15, 0.2) is 54.7 Å². The molecule has 0 aliphatic carbocycles. The third-order valence-corrected chi connectivity index (χ3v) is 5.82. The molecule has 0 saturated carbocycles. The number of imidazole rings is 1. The average Bonchev–Trinajstić information content (AvgIpc) is 3.41. The summed E-state index contributed by atoms with van der Waals surface area (Å²) in [5, 5.41) is 6.67. The Kier molecular flexibility index (Phi) is 5.34. The lowest BCUT2D eigenvalue weighted by molar-refractivity contribution is 0.490. The van der Waals surface area contributed by atoms with Gasteiger partial charge in [-0.2, -0.15) is 4.98 Å². The van der Waals surface area contributed by atoms with Crippen LogP contribution in [0.25, 0.3) is 22.6 Å². The zero-order valence-electron chi connectivity index (χ0n) is 17.5. The van der Waals surface area contributed by atoms with E-state index in [9.17, 15) is 4.39 Å². The van der Waals surface area contributed by atoms with Crippen LogP contribution >= 0.6 is 0 Å². The van der Waals surface area contributed by atoms with Gasteiger partial charge in [-0.25, -0.2) is 14.4 Å². The Morgan fingerprint density at radius 3 is 2.87 bits per heavy atom. The Bertz CT molecular complexity index is 1210. The van der Waals surface area contributed by atoms with Crippen LogP contribution in [0, 0.1) is 18.7 Å². The van der Waals surface area contributed by atoms with Crippen LogP contribution in [0.3, 0.4) is 0 Å². The predicted molar refractivity (Wildman–Crippen MR) is 120 cm³/mol. The van der Waals surface area contributed by atoms with Crippen LogP contribution < -0.4 is 10.6 Å². The first-order valence-corrected chi connectivity index (χ1v) is 10.7. The second-order valence-electron chi connectivity index (χ2n) is 8.11. The number of hydrogen-bond acceptors (Lipinski definition) is 5. The van der Waals surface area contributed by atoms with Crippen molar-refractivity contribution in [1.82, 2.24) is 24.8 Å². The fraction of sp³-hybridized carbons (Fsp3) is 0.292. The minimum Gasteiger partial charge on any atom is -0.350 e.